The fourth-order valence-electron chi connectivity index (χ4n) is 4.26. The summed E-state index contributed by atoms with van der Waals surface area (Å²) in [7, 11) is 1.18. The molecule has 0 radical (unpaired) electrons. The van der Waals surface area contributed by atoms with Crippen LogP contribution < -0.4 is 10.1 Å². The zero-order valence-corrected chi connectivity index (χ0v) is 22.7. The quantitative estimate of drug-likeness (QED) is 0.214. The Morgan fingerprint density at radius 3 is 2.19 bits per heavy atom. The molecular weight excluding hydrogens is 587 g/mol. The molecule has 2 aromatic heterocycles. The van der Waals surface area contributed by atoms with Crippen LogP contribution in [0.25, 0.3) is 22.2 Å². The van der Waals surface area contributed by atoms with Crippen molar-refractivity contribution in [2.45, 2.75) is 37.7 Å². The fraction of sp³-hybridized carbons (Fsp3) is 0.276. The lowest BCUT2D eigenvalue weighted by atomic mass is 9.90. The number of nitrogens with one attached hydrogen (secondary N) is 1. The molecule has 1 unspecified atom stereocenters. The molecule has 1 amide bonds. The molecule has 2 heterocycles. The molecule has 0 aliphatic rings. The predicted octanol–water partition coefficient (Wildman–Crippen LogP) is 5.93. The first-order valence-electron chi connectivity index (χ1n) is 12.5. The number of pyridine rings is 2. The van der Waals surface area contributed by atoms with Crippen molar-refractivity contribution in [3.05, 3.63) is 88.7 Å². The molecule has 1 atom stereocenters. The molecule has 14 heteroatoms. The van der Waals surface area contributed by atoms with Gasteiger partial charge in [0.25, 0.3) is 12.3 Å². The van der Waals surface area contributed by atoms with Crippen LogP contribution in [0.3, 0.4) is 0 Å². The Labute approximate surface area is 240 Å². The molecule has 228 valence electrons. The third kappa shape index (κ3) is 6.25. The number of aliphatic hydroxyl groups is 2. The van der Waals surface area contributed by atoms with E-state index < -0.39 is 70.5 Å². The summed E-state index contributed by atoms with van der Waals surface area (Å²) in [6.45, 7) is 0.694. The number of methoxy groups -OCH3 is 1. The van der Waals surface area contributed by atoms with Crippen molar-refractivity contribution in [3.63, 3.8) is 0 Å². The maximum absolute atomic E-state index is 15.4. The molecule has 0 spiro atoms. The molecule has 43 heavy (non-hydrogen) atoms. The van der Waals surface area contributed by atoms with Crippen LogP contribution in [0.2, 0.25) is 0 Å². The number of alkyl halides is 5. The minimum absolute atomic E-state index is 0.0216. The molecule has 0 saturated heterocycles. The van der Waals surface area contributed by atoms with Crippen LogP contribution in [-0.4, -0.2) is 45.9 Å². The van der Waals surface area contributed by atoms with Gasteiger partial charge in [0.05, 0.1) is 24.9 Å². The number of hydrogen-bond acceptors (Lipinski definition) is 6. The van der Waals surface area contributed by atoms with E-state index in [1.54, 1.807) is 0 Å². The number of rotatable bonds is 8. The van der Waals surface area contributed by atoms with Crippen molar-refractivity contribution >= 4 is 16.8 Å². The highest BCUT2D eigenvalue weighted by Crippen LogP contribution is 2.41. The first-order chi connectivity index (χ1) is 20.0. The number of benzene rings is 2. The van der Waals surface area contributed by atoms with E-state index in [1.165, 1.54) is 19.2 Å². The third-order valence-corrected chi connectivity index (χ3v) is 6.62. The van der Waals surface area contributed by atoms with Crippen LogP contribution in [0.1, 0.15) is 47.6 Å². The molecule has 0 aliphatic heterocycles. The Hall–Kier alpha value is -4.30. The number of aromatic nitrogens is 2. The van der Waals surface area contributed by atoms with Gasteiger partial charge < -0.3 is 20.3 Å². The van der Waals surface area contributed by atoms with E-state index >= 15 is 4.39 Å². The van der Waals surface area contributed by atoms with Crippen molar-refractivity contribution in [2.75, 3.05) is 13.7 Å². The van der Waals surface area contributed by atoms with Crippen LogP contribution in [0, 0.1) is 11.6 Å². The molecule has 3 N–H and O–H groups in total. The summed E-state index contributed by atoms with van der Waals surface area (Å²) >= 11 is 0. The third-order valence-electron chi connectivity index (χ3n) is 6.62. The average molecular weight is 612 g/mol. The predicted molar refractivity (Wildman–Crippen MR) is 140 cm³/mol. The van der Waals surface area contributed by atoms with Crippen molar-refractivity contribution < 1.29 is 50.5 Å². The topological polar surface area (TPSA) is 105 Å². The lowest BCUT2D eigenvalue weighted by Gasteiger charge is -2.32. The normalized spacial score (nSPS) is 13.7. The number of ether oxygens (including phenoxy) is 1. The van der Waals surface area contributed by atoms with E-state index in [0.29, 0.717) is 6.07 Å². The van der Waals surface area contributed by atoms with E-state index in [2.05, 4.69) is 9.97 Å². The number of hydrogen-bond donors (Lipinski definition) is 3. The summed E-state index contributed by atoms with van der Waals surface area (Å²) in [6.07, 6.45) is -8.38. The number of carbonyl (C=O) groups excluding carboxylic acids is 1. The maximum Gasteiger partial charge on any atom is 0.424 e. The molecule has 7 nitrogen and oxygen atoms in total. The largest absolute Gasteiger partial charge is 0.494 e. The van der Waals surface area contributed by atoms with Crippen LogP contribution in [0.5, 0.6) is 5.75 Å². The van der Waals surface area contributed by atoms with Gasteiger partial charge in [-0.3, -0.25) is 4.79 Å². The lowest BCUT2D eigenvalue weighted by molar-refractivity contribution is -0.265. The van der Waals surface area contributed by atoms with Crippen molar-refractivity contribution in [2.24, 2.45) is 0 Å². The Bertz CT molecular complexity index is 1670. The Morgan fingerprint density at radius 1 is 0.977 bits per heavy atom. The minimum Gasteiger partial charge on any atom is -0.494 e. The van der Waals surface area contributed by atoms with Crippen LogP contribution in [0.4, 0.5) is 30.7 Å². The second-order valence-electron chi connectivity index (χ2n) is 10.1. The highest BCUT2D eigenvalue weighted by atomic mass is 19.4. The first-order valence-corrected chi connectivity index (χ1v) is 12.5. The monoisotopic (exact) mass is 611 g/mol. The van der Waals surface area contributed by atoms with E-state index in [4.69, 9.17) is 4.74 Å². The minimum atomic E-state index is -5.49. The summed E-state index contributed by atoms with van der Waals surface area (Å²) in [6, 6.07) is 8.98. The zero-order chi connectivity index (χ0) is 31.9. The van der Waals surface area contributed by atoms with Gasteiger partial charge in [0.15, 0.2) is 5.82 Å². The highest BCUT2D eigenvalue weighted by Gasteiger charge is 2.57. The Kier molecular flexibility index (Phi) is 8.40. The summed E-state index contributed by atoms with van der Waals surface area (Å²) in [5.74, 6) is -3.16. The second kappa shape index (κ2) is 11.4. The van der Waals surface area contributed by atoms with Gasteiger partial charge in [-0.2, -0.15) is 13.2 Å². The van der Waals surface area contributed by atoms with E-state index in [0.717, 1.165) is 50.2 Å². The van der Waals surface area contributed by atoms with Gasteiger partial charge in [-0.05, 0) is 62.4 Å². The van der Waals surface area contributed by atoms with Gasteiger partial charge in [0.2, 0.25) is 5.60 Å². The van der Waals surface area contributed by atoms with Crippen molar-refractivity contribution in [1.29, 1.82) is 0 Å². The van der Waals surface area contributed by atoms with Gasteiger partial charge >= 0.3 is 6.18 Å². The van der Waals surface area contributed by atoms with E-state index in [1.807, 2.05) is 5.32 Å². The van der Waals surface area contributed by atoms with Gasteiger partial charge in [-0.1, -0.05) is 6.07 Å². The SMILES string of the molecule is COc1cc(C(=O)NCC(O)(c2cc(C(C)(C)O)c(F)c(-c3ccc(F)cc3)n2)C(F)(F)F)cc2ccc(C(F)F)nc12. The summed E-state index contributed by atoms with van der Waals surface area (Å²) in [5, 5.41) is 23.6. The summed E-state index contributed by atoms with van der Waals surface area (Å²) in [5.41, 5.74) is -9.45. The number of halogens is 7. The van der Waals surface area contributed by atoms with Crippen molar-refractivity contribution in [3.8, 4) is 17.0 Å². The highest BCUT2D eigenvalue weighted by molar-refractivity contribution is 6.00. The van der Waals surface area contributed by atoms with Crippen molar-refractivity contribution in [1.82, 2.24) is 15.3 Å². The Balaban J connectivity index is 1.77. The van der Waals surface area contributed by atoms with Gasteiger partial charge in [-0.25, -0.2) is 27.5 Å². The number of amides is 1. The standard InChI is InChI=1S/C29H24F7N3O4/c1-27(2,41)18-12-21(39-24(22(18)31)14-4-7-17(30)8-5-14)28(42,29(34,35)36)13-37-26(40)16-10-15-6-9-19(25(32)33)38-23(15)20(11-16)43-3/h4-12,25,41-42H,13H2,1-3H3,(H,37,40). The second-order valence-corrected chi connectivity index (χ2v) is 10.1. The number of nitrogens with zero attached hydrogens (tertiary/aromatic N) is 2. The van der Waals surface area contributed by atoms with Gasteiger partial charge in [-0.15, -0.1) is 0 Å². The summed E-state index contributed by atoms with van der Waals surface area (Å²) < 4.78 is 104. The molecule has 0 fully saturated rings. The molecule has 0 aliphatic carbocycles. The smallest absolute Gasteiger partial charge is 0.424 e. The van der Waals surface area contributed by atoms with Crippen LogP contribution in [0.15, 0.2) is 54.6 Å². The van der Waals surface area contributed by atoms with E-state index in [-0.39, 0.29) is 27.8 Å². The van der Waals surface area contributed by atoms with Gasteiger partial charge in [0, 0.05) is 22.1 Å². The Morgan fingerprint density at radius 2 is 1.63 bits per heavy atom. The number of carbonyl (C=O) groups is 1. The molecule has 0 bridgehead atoms. The molecule has 4 rings (SSSR count). The molecule has 0 saturated carbocycles. The number of fused-ring (bicyclic) bond motifs is 1. The van der Waals surface area contributed by atoms with Crippen LogP contribution in [-0.2, 0) is 11.2 Å². The molecule has 2 aromatic carbocycles. The zero-order valence-electron chi connectivity index (χ0n) is 22.7. The average Bonchev–Trinajstić information content (AvgIpc) is 2.94. The molecule has 4 aromatic rings. The fourth-order valence-corrected chi connectivity index (χ4v) is 4.26. The lowest BCUT2D eigenvalue weighted by Crippen LogP contribution is -2.51. The van der Waals surface area contributed by atoms with Gasteiger partial charge in [0.1, 0.15) is 28.5 Å². The van der Waals surface area contributed by atoms with E-state index in [9.17, 15) is 41.4 Å². The van der Waals surface area contributed by atoms with Crippen LogP contribution >= 0.6 is 0 Å². The first kappa shape index (κ1) is 31.6. The maximum atomic E-state index is 15.4. The molecular formula is C29H24F7N3O4. The summed E-state index contributed by atoms with van der Waals surface area (Å²) in [4.78, 5) is 20.5.